The molecule has 2 aromatic carbocycles. The third-order valence-corrected chi connectivity index (χ3v) is 4.19. The molecule has 0 spiro atoms. The summed E-state index contributed by atoms with van der Waals surface area (Å²) in [5, 5.41) is 0.717. The van der Waals surface area contributed by atoms with E-state index in [9.17, 15) is 0 Å². The van der Waals surface area contributed by atoms with Gasteiger partial charge in [0.1, 0.15) is 12.4 Å². The Kier molecular flexibility index (Phi) is 5.00. The quantitative estimate of drug-likeness (QED) is 0.619. The van der Waals surface area contributed by atoms with E-state index >= 15 is 0 Å². The van der Waals surface area contributed by atoms with Gasteiger partial charge in [-0.3, -0.25) is 0 Å². The molecule has 2 rings (SSSR count). The molecule has 0 amide bonds. The first kappa shape index (κ1) is 16.4. The van der Waals surface area contributed by atoms with E-state index in [1.165, 1.54) is 11.1 Å². The molecule has 0 bridgehead atoms. The Balaban J connectivity index is 2.25. The number of benzene rings is 2. The van der Waals surface area contributed by atoms with Gasteiger partial charge in [-0.05, 0) is 41.7 Å². The van der Waals surface area contributed by atoms with E-state index in [0.29, 0.717) is 11.6 Å². The number of hydrogen-bond donors (Lipinski definition) is 0. The van der Waals surface area contributed by atoms with E-state index in [4.69, 9.17) is 16.3 Å². The summed E-state index contributed by atoms with van der Waals surface area (Å²) in [6.07, 6.45) is 0. The van der Waals surface area contributed by atoms with Crippen LogP contribution in [-0.4, -0.2) is 0 Å². The number of ether oxygens (including phenoxy) is 1. The van der Waals surface area contributed by atoms with Gasteiger partial charge < -0.3 is 4.74 Å². The average molecular weight is 368 g/mol. The van der Waals surface area contributed by atoms with Crippen molar-refractivity contribution < 1.29 is 4.74 Å². The lowest BCUT2D eigenvalue weighted by molar-refractivity contribution is 0.297. The molecule has 0 N–H and O–H groups in total. The summed E-state index contributed by atoms with van der Waals surface area (Å²) in [6, 6.07) is 12.2. The van der Waals surface area contributed by atoms with Crippen LogP contribution in [0, 0.1) is 6.92 Å². The molecule has 0 atom stereocenters. The van der Waals surface area contributed by atoms with E-state index < -0.39 is 0 Å². The van der Waals surface area contributed by atoms with Crippen molar-refractivity contribution >= 4 is 27.5 Å². The molecule has 2 aromatic rings. The van der Waals surface area contributed by atoms with Gasteiger partial charge in [-0.15, -0.1) is 0 Å². The third-order valence-electron chi connectivity index (χ3n) is 3.34. The summed E-state index contributed by atoms with van der Waals surface area (Å²) in [4.78, 5) is 0. The molecule has 21 heavy (non-hydrogen) atoms. The molecule has 0 aliphatic heterocycles. The molecular weight excluding hydrogens is 348 g/mol. The lowest BCUT2D eigenvalue weighted by Crippen LogP contribution is -2.13. The largest absolute Gasteiger partial charge is 0.489 e. The summed E-state index contributed by atoms with van der Waals surface area (Å²) in [7, 11) is 0. The fourth-order valence-electron chi connectivity index (χ4n) is 2.16. The molecule has 0 radical (unpaired) electrons. The highest BCUT2D eigenvalue weighted by molar-refractivity contribution is 9.10. The third kappa shape index (κ3) is 4.24. The maximum atomic E-state index is 6.25. The average Bonchev–Trinajstić information content (AvgIpc) is 2.36. The summed E-state index contributed by atoms with van der Waals surface area (Å²) in [5.41, 5.74) is 3.44. The molecule has 1 nitrogen and oxygen atoms in total. The highest BCUT2D eigenvalue weighted by Gasteiger charge is 2.19. The van der Waals surface area contributed by atoms with Crippen molar-refractivity contribution in [1.82, 2.24) is 0 Å². The highest BCUT2D eigenvalue weighted by Crippen LogP contribution is 2.33. The molecule has 0 saturated carbocycles. The fraction of sp³-hybridized carbons (Fsp3) is 0.333. The molecule has 0 heterocycles. The topological polar surface area (TPSA) is 9.23 Å². The monoisotopic (exact) mass is 366 g/mol. The van der Waals surface area contributed by atoms with Gasteiger partial charge in [0.2, 0.25) is 0 Å². The summed E-state index contributed by atoms with van der Waals surface area (Å²) in [6.45, 7) is 9.12. The van der Waals surface area contributed by atoms with Crippen molar-refractivity contribution in [1.29, 1.82) is 0 Å². The van der Waals surface area contributed by atoms with Crippen LogP contribution >= 0.6 is 27.5 Å². The molecule has 0 unspecified atom stereocenters. The Morgan fingerprint density at radius 2 is 1.81 bits per heavy atom. The minimum Gasteiger partial charge on any atom is -0.489 e. The van der Waals surface area contributed by atoms with Gasteiger partial charge in [-0.25, -0.2) is 0 Å². The second-order valence-corrected chi connectivity index (χ2v) is 7.60. The Labute approximate surface area is 140 Å². The minimum absolute atomic E-state index is 0.0482. The SMILES string of the molecule is Cc1ccc(C(C)(C)C)c(OCc2ccc(Br)cc2Cl)c1. The number of rotatable bonds is 3. The first-order valence-electron chi connectivity index (χ1n) is 6.95. The van der Waals surface area contributed by atoms with Gasteiger partial charge in [0, 0.05) is 15.1 Å². The number of halogens is 2. The van der Waals surface area contributed by atoms with E-state index in [-0.39, 0.29) is 5.41 Å². The van der Waals surface area contributed by atoms with Crippen molar-refractivity contribution in [2.75, 3.05) is 0 Å². The smallest absolute Gasteiger partial charge is 0.123 e. The van der Waals surface area contributed by atoms with Crippen molar-refractivity contribution in [2.24, 2.45) is 0 Å². The zero-order valence-electron chi connectivity index (χ0n) is 12.8. The van der Waals surface area contributed by atoms with Crippen molar-refractivity contribution in [2.45, 2.75) is 39.7 Å². The first-order chi connectivity index (χ1) is 9.77. The van der Waals surface area contributed by atoms with Crippen LogP contribution in [0.3, 0.4) is 0 Å². The predicted octanol–water partition coefficient (Wildman–Crippen LogP) is 6.29. The number of aryl methyl sites for hydroxylation is 1. The maximum Gasteiger partial charge on any atom is 0.123 e. The summed E-state index contributed by atoms with van der Waals surface area (Å²) < 4.78 is 7.03. The standard InChI is InChI=1S/C18H20BrClO/c1-12-5-8-15(18(2,3)4)17(9-12)21-11-13-6-7-14(19)10-16(13)20/h5-10H,11H2,1-4H3. The van der Waals surface area contributed by atoms with Crippen LogP contribution in [0.15, 0.2) is 40.9 Å². The lowest BCUT2D eigenvalue weighted by Gasteiger charge is -2.23. The first-order valence-corrected chi connectivity index (χ1v) is 8.12. The van der Waals surface area contributed by atoms with Gasteiger partial charge in [0.15, 0.2) is 0 Å². The fourth-order valence-corrected chi connectivity index (χ4v) is 2.89. The Morgan fingerprint density at radius 1 is 1.10 bits per heavy atom. The minimum atomic E-state index is 0.0482. The highest BCUT2D eigenvalue weighted by atomic mass is 79.9. The zero-order chi connectivity index (χ0) is 15.6. The Hall–Kier alpha value is -0.990. The van der Waals surface area contributed by atoms with E-state index in [2.05, 4.69) is 61.8 Å². The van der Waals surface area contributed by atoms with Crippen LogP contribution < -0.4 is 4.74 Å². The van der Waals surface area contributed by atoms with Gasteiger partial charge in [-0.1, -0.05) is 66.5 Å². The second kappa shape index (κ2) is 6.41. The van der Waals surface area contributed by atoms with Gasteiger partial charge in [0.25, 0.3) is 0 Å². The van der Waals surface area contributed by atoms with Crippen LogP contribution in [0.2, 0.25) is 5.02 Å². The van der Waals surface area contributed by atoms with Crippen molar-refractivity contribution in [3.05, 3.63) is 62.6 Å². The molecular formula is C18H20BrClO. The van der Waals surface area contributed by atoms with Crippen LogP contribution in [0.5, 0.6) is 5.75 Å². The Morgan fingerprint density at radius 3 is 2.43 bits per heavy atom. The van der Waals surface area contributed by atoms with Crippen LogP contribution in [-0.2, 0) is 12.0 Å². The molecule has 0 aromatic heterocycles. The zero-order valence-corrected chi connectivity index (χ0v) is 15.2. The van der Waals surface area contributed by atoms with Crippen molar-refractivity contribution in [3.63, 3.8) is 0 Å². The van der Waals surface area contributed by atoms with Gasteiger partial charge >= 0.3 is 0 Å². The van der Waals surface area contributed by atoms with Gasteiger partial charge in [0.05, 0.1) is 0 Å². The summed E-state index contributed by atoms with van der Waals surface area (Å²) in [5.74, 6) is 0.932. The van der Waals surface area contributed by atoms with Crippen LogP contribution in [0.25, 0.3) is 0 Å². The molecule has 0 fully saturated rings. The van der Waals surface area contributed by atoms with Crippen LogP contribution in [0.1, 0.15) is 37.5 Å². The van der Waals surface area contributed by atoms with Crippen LogP contribution in [0.4, 0.5) is 0 Å². The van der Waals surface area contributed by atoms with Gasteiger partial charge in [-0.2, -0.15) is 0 Å². The van der Waals surface area contributed by atoms with E-state index in [0.717, 1.165) is 15.8 Å². The normalized spacial score (nSPS) is 11.5. The molecule has 0 aliphatic carbocycles. The predicted molar refractivity (Wildman–Crippen MR) is 93.4 cm³/mol. The Bertz CT molecular complexity index is 644. The molecule has 3 heteroatoms. The lowest BCUT2D eigenvalue weighted by atomic mass is 9.86. The van der Waals surface area contributed by atoms with Crippen molar-refractivity contribution in [3.8, 4) is 5.75 Å². The molecule has 0 saturated heterocycles. The summed E-state index contributed by atoms with van der Waals surface area (Å²) >= 11 is 9.66. The van der Waals surface area contributed by atoms with E-state index in [1.807, 2.05) is 18.2 Å². The van der Waals surface area contributed by atoms with E-state index in [1.54, 1.807) is 0 Å². The number of hydrogen-bond acceptors (Lipinski definition) is 1. The molecule has 112 valence electrons. The maximum absolute atomic E-state index is 6.25. The molecule has 0 aliphatic rings. The second-order valence-electron chi connectivity index (χ2n) is 6.27.